The number of ketones is 2. The highest BCUT2D eigenvalue weighted by Gasteiger charge is 2.02. The smallest absolute Gasteiger partial charge is 0.159 e. The van der Waals surface area contributed by atoms with E-state index in [2.05, 4.69) is 19.3 Å². The van der Waals surface area contributed by atoms with Gasteiger partial charge < -0.3 is 0 Å². The summed E-state index contributed by atoms with van der Waals surface area (Å²) in [6.07, 6.45) is 10.9. The lowest BCUT2D eigenvalue weighted by Crippen LogP contribution is -1.94. The SMILES string of the molecule is CC(=O)C1=CCC=C(C)C=C1.CSCc1ccc(C(C)=O)cc1C. The van der Waals surface area contributed by atoms with Crippen LogP contribution in [0.3, 0.4) is 0 Å². The van der Waals surface area contributed by atoms with Crippen LogP contribution in [0.4, 0.5) is 0 Å². The molecule has 0 unspecified atom stereocenters. The largest absolute Gasteiger partial charge is 0.295 e. The average Bonchev–Trinajstić information content (AvgIpc) is 2.75. The maximum Gasteiger partial charge on any atom is 0.159 e. The minimum Gasteiger partial charge on any atom is -0.295 e. The molecular formula is C21H26O2S. The van der Waals surface area contributed by atoms with Crippen LogP contribution in [0.25, 0.3) is 0 Å². The lowest BCUT2D eigenvalue weighted by molar-refractivity contribution is -0.113. The number of carbonyl (C=O) groups is 2. The Morgan fingerprint density at radius 2 is 1.75 bits per heavy atom. The molecule has 0 amide bonds. The van der Waals surface area contributed by atoms with Crippen molar-refractivity contribution >= 4 is 23.3 Å². The topological polar surface area (TPSA) is 34.1 Å². The maximum atomic E-state index is 11.1. The van der Waals surface area contributed by atoms with Gasteiger partial charge in [0.25, 0.3) is 0 Å². The molecule has 2 nitrogen and oxygen atoms in total. The molecule has 0 spiro atoms. The second-order valence-electron chi connectivity index (χ2n) is 5.86. The third kappa shape index (κ3) is 6.71. The first-order valence-corrected chi connectivity index (χ1v) is 9.40. The molecule has 1 aliphatic rings. The lowest BCUT2D eigenvalue weighted by atomic mass is 10.0. The molecular weight excluding hydrogens is 316 g/mol. The molecule has 0 N–H and O–H groups in total. The fraction of sp³-hybridized carbons (Fsp3) is 0.333. The number of rotatable bonds is 4. The van der Waals surface area contributed by atoms with E-state index in [0.717, 1.165) is 23.3 Å². The predicted octanol–water partition coefficient (Wildman–Crippen LogP) is 5.47. The molecule has 24 heavy (non-hydrogen) atoms. The van der Waals surface area contributed by atoms with Crippen molar-refractivity contribution in [3.05, 3.63) is 70.3 Å². The van der Waals surface area contributed by atoms with Crippen LogP contribution in [0.1, 0.15) is 48.7 Å². The number of hydrogen-bond acceptors (Lipinski definition) is 3. The van der Waals surface area contributed by atoms with Crippen molar-refractivity contribution in [3.8, 4) is 0 Å². The Kier molecular flexibility index (Phi) is 8.48. The lowest BCUT2D eigenvalue weighted by Gasteiger charge is -2.05. The molecule has 0 saturated carbocycles. The van der Waals surface area contributed by atoms with E-state index in [0.29, 0.717) is 0 Å². The number of allylic oxidation sites excluding steroid dienone is 6. The van der Waals surface area contributed by atoms with Crippen LogP contribution in [0.5, 0.6) is 0 Å². The van der Waals surface area contributed by atoms with Crippen LogP contribution >= 0.6 is 11.8 Å². The first-order chi connectivity index (χ1) is 11.3. The first kappa shape index (κ1) is 20.2. The van der Waals surface area contributed by atoms with Crippen LogP contribution in [0.15, 0.2) is 53.6 Å². The van der Waals surface area contributed by atoms with Gasteiger partial charge in [-0.1, -0.05) is 42.0 Å². The zero-order valence-corrected chi connectivity index (χ0v) is 16.0. The van der Waals surface area contributed by atoms with Gasteiger partial charge in [0.2, 0.25) is 0 Å². The van der Waals surface area contributed by atoms with E-state index in [1.54, 1.807) is 25.6 Å². The summed E-state index contributed by atoms with van der Waals surface area (Å²) in [5.74, 6) is 1.30. The third-order valence-corrected chi connectivity index (χ3v) is 4.36. The highest BCUT2D eigenvalue weighted by Crippen LogP contribution is 2.16. The molecule has 2 rings (SSSR count). The second-order valence-corrected chi connectivity index (χ2v) is 6.73. The van der Waals surface area contributed by atoms with Crippen molar-refractivity contribution in [1.29, 1.82) is 0 Å². The normalized spacial score (nSPS) is 13.2. The van der Waals surface area contributed by atoms with Crippen LogP contribution in [0.2, 0.25) is 0 Å². The fourth-order valence-electron chi connectivity index (χ4n) is 2.22. The summed E-state index contributed by atoms with van der Waals surface area (Å²) >= 11 is 1.80. The van der Waals surface area contributed by atoms with Crippen LogP contribution < -0.4 is 0 Å². The summed E-state index contributed by atoms with van der Waals surface area (Å²) in [6, 6.07) is 5.91. The van der Waals surface area contributed by atoms with Crippen molar-refractivity contribution < 1.29 is 9.59 Å². The summed E-state index contributed by atoms with van der Waals surface area (Å²) in [4.78, 5) is 22.0. The van der Waals surface area contributed by atoms with Crippen molar-refractivity contribution in [2.24, 2.45) is 0 Å². The highest BCUT2D eigenvalue weighted by molar-refractivity contribution is 7.97. The van der Waals surface area contributed by atoms with Crippen LogP contribution in [-0.2, 0) is 10.5 Å². The Bertz CT molecular complexity index is 694. The Labute approximate surface area is 149 Å². The monoisotopic (exact) mass is 342 g/mol. The Hall–Kier alpha value is -1.87. The molecule has 0 saturated heterocycles. The van der Waals surface area contributed by atoms with Gasteiger partial charge in [-0.05, 0) is 57.6 Å². The standard InChI is InChI=1S/C11H14OS.C10H12O/c1-8-6-10(9(2)12)4-5-11(8)7-13-3;1-8-4-3-5-10(7-6-8)9(2)11/h4-6H,7H2,1-3H3;4-7H,3H2,1-2H3. The van der Waals surface area contributed by atoms with Gasteiger partial charge in [0, 0.05) is 16.9 Å². The van der Waals surface area contributed by atoms with Gasteiger partial charge in [-0.25, -0.2) is 0 Å². The van der Waals surface area contributed by atoms with E-state index in [4.69, 9.17) is 0 Å². The number of thioether (sulfide) groups is 1. The molecule has 0 fully saturated rings. The van der Waals surface area contributed by atoms with Crippen LogP contribution in [-0.4, -0.2) is 17.8 Å². The fourth-order valence-corrected chi connectivity index (χ4v) is 2.86. The van der Waals surface area contributed by atoms with Gasteiger partial charge in [-0.3, -0.25) is 9.59 Å². The molecule has 0 radical (unpaired) electrons. The zero-order valence-electron chi connectivity index (χ0n) is 15.2. The number of benzene rings is 1. The number of aryl methyl sites for hydroxylation is 1. The molecule has 0 atom stereocenters. The van der Waals surface area contributed by atoms with E-state index in [-0.39, 0.29) is 11.6 Å². The van der Waals surface area contributed by atoms with Crippen molar-refractivity contribution in [1.82, 2.24) is 0 Å². The van der Waals surface area contributed by atoms with Gasteiger partial charge in [0.05, 0.1) is 0 Å². The van der Waals surface area contributed by atoms with Gasteiger partial charge in [0.15, 0.2) is 11.6 Å². The van der Waals surface area contributed by atoms with E-state index < -0.39 is 0 Å². The summed E-state index contributed by atoms with van der Waals surface area (Å²) in [7, 11) is 0. The molecule has 3 heteroatoms. The molecule has 0 aromatic heterocycles. The molecule has 0 bridgehead atoms. The van der Waals surface area contributed by atoms with Crippen molar-refractivity contribution in [2.45, 2.75) is 39.9 Å². The van der Waals surface area contributed by atoms with Gasteiger partial charge in [0.1, 0.15) is 0 Å². The van der Waals surface area contributed by atoms with Crippen molar-refractivity contribution in [3.63, 3.8) is 0 Å². The van der Waals surface area contributed by atoms with E-state index in [1.165, 1.54) is 16.7 Å². The molecule has 1 aliphatic carbocycles. The summed E-state index contributed by atoms with van der Waals surface area (Å²) in [5, 5.41) is 0. The van der Waals surface area contributed by atoms with Gasteiger partial charge >= 0.3 is 0 Å². The maximum absolute atomic E-state index is 11.1. The van der Waals surface area contributed by atoms with E-state index >= 15 is 0 Å². The van der Waals surface area contributed by atoms with Crippen LogP contribution in [0, 0.1) is 6.92 Å². The summed E-state index contributed by atoms with van der Waals surface area (Å²) in [6.45, 7) is 7.28. The van der Waals surface area contributed by atoms with Crippen molar-refractivity contribution in [2.75, 3.05) is 6.26 Å². The Morgan fingerprint density at radius 1 is 1.04 bits per heavy atom. The summed E-state index contributed by atoms with van der Waals surface area (Å²) in [5.41, 5.74) is 5.37. The minimum atomic E-state index is 0.138. The van der Waals surface area contributed by atoms with Gasteiger partial charge in [-0.2, -0.15) is 11.8 Å². The average molecular weight is 343 g/mol. The quantitative estimate of drug-likeness (QED) is 0.681. The molecule has 1 aromatic rings. The number of hydrogen-bond donors (Lipinski definition) is 0. The first-order valence-electron chi connectivity index (χ1n) is 8.00. The molecule has 1 aromatic carbocycles. The Balaban J connectivity index is 0.000000243. The van der Waals surface area contributed by atoms with Gasteiger partial charge in [-0.15, -0.1) is 0 Å². The Morgan fingerprint density at radius 3 is 2.29 bits per heavy atom. The predicted molar refractivity (Wildman–Crippen MR) is 105 cm³/mol. The highest BCUT2D eigenvalue weighted by atomic mass is 32.2. The second kappa shape index (κ2) is 10.1. The van der Waals surface area contributed by atoms with E-state index in [9.17, 15) is 9.59 Å². The zero-order chi connectivity index (χ0) is 18.1. The number of Topliss-reactive ketones (excluding diaryl/α,β-unsaturated/α-hetero) is 2. The molecule has 128 valence electrons. The summed E-state index contributed by atoms with van der Waals surface area (Å²) < 4.78 is 0. The minimum absolute atomic E-state index is 0.138. The molecule has 0 aliphatic heterocycles. The molecule has 0 heterocycles. The van der Waals surface area contributed by atoms with E-state index in [1.807, 2.05) is 43.4 Å². The third-order valence-electron chi connectivity index (χ3n) is 3.76. The number of carbonyl (C=O) groups excluding carboxylic acids is 2.